The summed E-state index contributed by atoms with van der Waals surface area (Å²) in [5.41, 5.74) is 2.80. The lowest BCUT2D eigenvalue weighted by molar-refractivity contribution is 0.170. The Morgan fingerprint density at radius 2 is 2.10 bits per heavy atom. The van der Waals surface area contributed by atoms with E-state index in [9.17, 15) is 0 Å². The maximum Gasteiger partial charge on any atom is 0.0449 e. The summed E-state index contributed by atoms with van der Waals surface area (Å²) in [7, 11) is 0. The molecule has 1 aliphatic carbocycles. The second kappa shape index (κ2) is 8.55. The van der Waals surface area contributed by atoms with Gasteiger partial charge in [0.25, 0.3) is 0 Å². The Morgan fingerprint density at radius 1 is 1.29 bits per heavy atom. The first-order valence-electron chi connectivity index (χ1n) is 8.75. The molecule has 0 bridgehead atoms. The van der Waals surface area contributed by atoms with Crippen molar-refractivity contribution < 1.29 is 0 Å². The molecule has 1 saturated carbocycles. The molecule has 0 saturated heterocycles. The lowest BCUT2D eigenvalue weighted by atomic mass is 9.85. The number of nitrogens with zero attached hydrogens (tertiary/aromatic N) is 1. The Balaban J connectivity index is 1.99. The van der Waals surface area contributed by atoms with Crippen LogP contribution in [0.15, 0.2) is 24.3 Å². The molecule has 2 nitrogen and oxygen atoms in total. The number of hydrogen-bond acceptors (Lipinski definition) is 2. The van der Waals surface area contributed by atoms with Crippen LogP contribution in [0.3, 0.4) is 0 Å². The lowest BCUT2D eigenvalue weighted by Gasteiger charge is -2.34. The van der Waals surface area contributed by atoms with Crippen molar-refractivity contribution >= 4 is 0 Å². The fourth-order valence-corrected chi connectivity index (χ4v) is 3.12. The molecule has 1 aromatic carbocycles. The van der Waals surface area contributed by atoms with Gasteiger partial charge in [-0.2, -0.15) is 0 Å². The van der Waals surface area contributed by atoms with Crippen LogP contribution in [0.1, 0.15) is 56.7 Å². The predicted molar refractivity (Wildman–Crippen MR) is 91.7 cm³/mol. The van der Waals surface area contributed by atoms with Crippen LogP contribution in [0, 0.1) is 12.8 Å². The number of nitrogens with one attached hydrogen (secondary N) is 1. The van der Waals surface area contributed by atoms with Crippen molar-refractivity contribution in [1.29, 1.82) is 0 Å². The van der Waals surface area contributed by atoms with E-state index in [1.54, 1.807) is 0 Å². The Hall–Kier alpha value is -0.860. The standard InChI is InChI=1S/C19H32N2/c1-4-12-20-19(18-11-6-8-16(3)13-18)15-21(5-2)14-17-9-7-10-17/h6,8,11,13,17,19-20H,4-5,7,9-10,12,14-15H2,1-3H3. The predicted octanol–water partition coefficient (Wildman–Crippen LogP) is 4.16. The van der Waals surface area contributed by atoms with E-state index in [4.69, 9.17) is 0 Å². The fraction of sp³-hybridized carbons (Fsp3) is 0.684. The Kier molecular flexibility index (Phi) is 6.72. The van der Waals surface area contributed by atoms with Crippen LogP contribution in [-0.2, 0) is 0 Å². The van der Waals surface area contributed by atoms with Crippen LogP contribution in [-0.4, -0.2) is 31.1 Å². The molecule has 2 heteroatoms. The fourth-order valence-electron chi connectivity index (χ4n) is 3.12. The van der Waals surface area contributed by atoms with Gasteiger partial charge in [0.2, 0.25) is 0 Å². The molecule has 0 spiro atoms. The molecular formula is C19H32N2. The largest absolute Gasteiger partial charge is 0.309 e. The highest BCUT2D eigenvalue weighted by Gasteiger charge is 2.22. The van der Waals surface area contributed by atoms with Gasteiger partial charge < -0.3 is 10.2 Å². The summed E-state index contributed by atoms with van der Waals surface area (Å²) >= 11 is 0. The summed E-state index contributed by atoms with van der Waals surface area (Å²) in [6.45, 7) is 11.4. The minimum atomic E-state index is 0.463. The first-order valence-corrected chi connectivity index (χ1v) is 8.75. The van der Waals surface area contributed by atoms with Gasteiger partial charge in [0.05, 0.1) is 0 Å². The molecule has 118 valence electrons. The maximum atomic E-state index is 3.75. The van der Waals surface area contributed by atoms with E-state index < -0.39 is 0 Å². The van der Waals surface area contributed by atoms with E-state index >= 15 is 0 Å². The molecule has 2 rings (SSSR count). The molecule has 1 aliphatic rings. The van der Waals surface area contributed by atoms with Gasteiger partial charge in [-0.25, -0.2) is 0 Å². The summed E-state index contributed by atoms with van der Waals surface area (Å²) in [4.78, 5) is 2.64. The Morgan fingerprint density at radius 3 is 2.67 bits per heavy atom. The van der Waals surface area contributed by atoms with E-state index in [0.717, 1.165) is 25.6 Å². The average Bonchev–Trinajstić information content (AvgIpc) is 2.44. The maximum absolute atomic E-state index is 3.75. The van der Waals surface area contributed by atoms with Crippen molar-refractivity contribution in [2.24, 2.45) is 5.92 Å². The summed E-state index contributed by atoms with van der Waals surface area (Å²) in [5, 5.41) is 3.75. The van der Waals surface area contributed by atoms with Gasteiger partial charge >= 0.3 is 0 Å². The monoisotopic (exact) mass is 288 g/mol. The van der Waals surface area contributed by atoms with E-state index in [1.165, 1.54) is 43.4 Å². The van der Waals surface area contributed by atoms with Gasteiger partial charge in [-0.05, 0) is 50.8 Å². The van der Waals surface area contributed by atoms with E-state index in [2.05, 4.69) is 55.3 Å². The van der Waals surface area contributed by atoms with Crippen LogP contribution in [0.4, 0.5) is 0 Å². The molecule has 0 radical (unpaired) electrons. The zero-order chi connectivity index (χ0) is 15.1. The first kappa shape index (κ1) is 16.5. The van der Waals surface area contributed by atoms with Crippen LogP contribution in [0.2, 0.25) is 0 Å². The number of rotatable bonds is 9. The highest BCUT2D eigenvalue weighted by atomic mass is 15.1. The normalized spacial score (nSPS) is 17.0. The lowest BCUT2D eigenvalue weighted by Crippen LogP contribution is -2.39. The average molecular weight is 288 g/mol. The Labute approximate surface area is 130 Å². The quantitative estimate of drug-likeness (QED) is 0.734. The van der Waals surface area contributed by atoms with Gasteiger partial charge in [0, 0.05) is 19.1 Å². The van der Waals surface area contributed by atoms with Crippen LogP contribution in [0.5, 0.6) is 0 Å². The molecule has 21 heavy (non-hydrogen) atoms. The molecule has 1 N–H and O–H groups in total. The van der Waals surface area contributed by atoms with Crippen molar-refractivity contribution in [1.82, 2.24) is 10.2 Å². The summed E-state index contributed by atoms with van der Waals surface area (Å²) in [5.74, 6) is 0.953. The topological polar surface area (TPSA) is 15.3 Å². The summed E-state index contributed by atoms with van der Waals surface area (Å²) < 4.78 is 0. The van der Waals surface area contributed by atoms with Crippen LogP contribution >= 0.6 is 0 Å². The summed E-state index contributed by atoms with van der Waals surface area (Å²) in [6.07, 6.45) is 5.51. The molecule has 1 aromatic rings. The van der Waals surface area contributed by atoms with Crippen molar-refractivity contribution in [2.45, 2.75) is 52.5 Å². The molecular weight excluding hydrogens is 256 g/mol. The molecule has 1 unspecified atom stereocenters. The van der Waals surface area contributed by atoms with E-state index in [1.807, 2.05) is 0 Å². The number of hydrogen-bond donors (Lipinski definition) is 1. The molecule has 1 fully saturated rings. The van der Waals surface area contributed by atoms with Gasteiger partial charge in [0.1, 0.15) is 0 Å². The third-order valence-corrected chi connectivity index (χ3v) is 4.71. The van der Waals surface area contributed by atoms with Crippen molar-refractivity contribution in [3.05, 3.63) is 35.4 Å². The van der Waals surface area contributed by atoms with Gasteiger partial charge in [-0.3, -0.25) is 0 Å². The first-order chi connectivity index (χ1) is 10.2. The van der Waals surface area contributed by atoms with Crippen molar-refractivity contribution in [3.63, 3.8) is 0 Å². The van der Waals surface area contributed by atoms with Gasteiger partial charge in [-0.15, -0.1) is 0 Å². The zero-order valence-electron chi connectivity index (χ0n) is 14.1. The van der Waals surface area contributed by atoms with E-state index in [0.29, 0.717) is 6.04 Å². The number of benzene rings is 1. The van der Waals surface area contributed by atoms with Gasteiger partial charge in [-0.1, -0.05) is 50.1 Å². The molecule has 1 atom stereocenters. The number of aryl methyl sites for hydroxylation is 1. The smallest absolute Gasteiger partial charge is 0.0449 e. The highest BCUT2D eigenvalue weighted by molar-refractivity contribution is 5.25. The minimum absolute atomic E-state index is 0.463. The van der Waals surface area contributed by atoms with E-state index in [-0.39, 0.29) is 0 Å². The van der Waals surface area contributed by atoms with Crippen molar-refractivity contribution in [3.8, 4) is 0 Å². The molecule has 0 aliphatic heterocycles. The second-order valence-corrected chi connectivity index (χ2v) is 6.57. The van der Waals surface area contributed by atoms with Crippen LogP contribution in [0.25, 0.3) is 0 Å². The minimum Gasteiger partial charge on any atom is -0.309 e. The third-order valence-electron chi connectivity index (χ3n) is 4.71. The Bertz CT molecular complexity index is 412. The summed E-state index contributed by atoms with van der Waals surface area (Å²) in [6, 6.07) is 9.45. The SMILES string of the molecule is CCCNC(CN(CC)CC1CCC1)c1cccc(C)c1. The molecule has 0 aromatic heterocycles. The third kappa shape index (κ3) is 5.12. The van der Waals surface area contributed by atoms with Crippen molar-refractivity contribution in [2.75, 3.05) is 26.2 Å². The zero-order valence-corrected chi connectivity index (χ0v) is 14.1. The number of likely N-dealkylation sites (N-methyl/N-ethyl adjacent to an activating group) is 1. The highest BCUT2D eigenvalue weighted by Crippen LogP contribution is 2.27. The molecule has 0 heterocycles. The second-order valence-electron chi connectivity index (χ2n) is 6.57. The molecule has 0 amide bonds. The van der Waals surface area contributed by atoms with Crippen LogP contribution < -0.4 is 5.32 Å². The van der Waals surface area contributed by atoms with Gasteiger partial charge in [0.15, 0.2) is 0 Å².